The van der Waals surface area contributed by atoms with Crippen LogP contribution in [0.2, 0.25) is 0 Å². The third-order valence-electron chi connectivity index (χ3n) is 3.59. The van der Waals surface area contributed by atoms with Gasteiger partial charge in [-0.2, -0.15) is 0 Å². The number of esters is 1. The van der Waals surface area contributed by atoms with Crippen LogP contribution in [0.4, 0.5) is 4.79 Å². The summed E-state index contributed by atoms with van der Waals surface area (Å²) >= 11 is 0. The Bertz CT molecular complexity index is 654. The summed E-state index contributed by atoms with van der Waals surface area (Å²) in [5.74, 6) is -0.859. The van der Waals surface area contributed by atoms with E-state index >= 15 is 0 Å². The molecule has 1 aromatic heterocycles. The molecule has 9 nitrogen and oxygen atoms in total. The van der Waals surface area contributed by atoms with Crippen molar-refractivity contribution in [2.45, 2.75) is 19.9 Å². The highest BCUT2D eigenvalue weighted by molar-refractivity contribution is 5.85. The van der Waals surface area contributed by atoms with E-state index in [0.717, 1.165) is 0 Å². The minimum Gasteiger partial charge on any atom is -0.481 e. The van der Waals surface area contributed by atoms with E-state index in [1.807, 2.05) is 13.8 Å². The molecular weight excluding hydrogens is 328 g/mol. The first-order valence-electron chi connectivity index (χ1n) is 7.74. The molecule has 2 N–H and O–H groups in total. The number of ether oxygens (including phenoxy) is 3. The van der Waals surface area contributed by atoms with E-state index in [1.54, 1.807) is 0 Å². The average Bonchev–Trinajstić information content (AvgIpc) is 2.58. The first-order chi connectivity index (χ1) is 11.9. The Morgan fingerprint density at radius 1 is 1.28 bits per heavy atom. The van der Waals surface area contributed by atoms with Crippen LogP contribution in [-0.2, 0) is 9.53 Å². The first kappa shape index (κ1) is 18.5. The number of methoxy groups -OCH3 is 2. The molecule has 2 amide bonds. The number of amides is 2. The minimum atomic E-state index is -0.884. The van der Waals surface area contributed by atoms with Crippen molar-refractivity contribution in [1.29, 1.82) is 0 Å². The zero-order valence-electron chi connectivity index (χ0n) is 14.7. The van der Waals surface area contributed by atoms with Crippen LogP contribution in [0.15, 0.2) is 18.6 Å². The maximum atomic E-state index is 12.6. The zero-order chi connectivity index (χ0) is 18.6. The van der Waals surface area contributed by atoms with E-state index in [4.69, 9.17) is 14.2 Å². The second-order valence-corrected chi connectivity index (χ2v) is 5.91. The lowest BCUT2D eigenvalue weighted by atomic mass is 9.89. The minimum absolute atomic E-state index is 0.172. The van der Waals surface area contributed by atoms with Crippen LogP contribution < -0.4 is 20.1 Å². The summed E-state index contributed by atoms with van der Waals surface area (Å²) in [6.45, 7) is 7.89. The molecule has 1 aromatic rings. The van der Waals surface area contributed by atoms with Crippen molar-refractivity contribution in [3.8, 4) is 11.8 Å². The monoisotopic (exact) mass is 350 g/mol. The largest absolute Gasteiger partial charge is 0.481 e. The fourth-order valence-electron chi connectivity index (χ4n) is 2.50. The number of hydrogen-bond donors (Lipinski definition) is 2. The third kappa shape index (κ3) is 3.98. The fraction of sp³-hybridized carbons (Fsp3) is 0.500. The summed E-state index contributed by atoms with van der Waals surface area (Å²) in [7, 11) is 2.85. The number of nitrogens with one attached hydrogen (secondary N) is 2. The van der Waals surface area contributed by atoms with Crippen molar-refractivity contribution in [2.75, 3.05) is 20.8 Å². The number of aromatic nitrogens is 2. The lowest BCUT2D eigenvalue weighted by Gasteiger charge is -2.33. The number of carbonyl (C=O) groups is 2. The van der Waals surface area contributed by atoms with Crippen LogP contribution >= 0.6 is 0 Å². The van der Waals surface area contributed by atoms with Gasteiger partial charge < -0.3 is 24.8 Å². The number of rotatable bonds is 6. The Morgan fingerprint density at radius 3 is 2.40 bits per heavy atom. The molecule has 2 heterocycles. The number of nitrogens with zero attached hydrogens (tertiary/aromatic N) is 2. The summed E-state index contributed by atoms with van der Waals surface area (Å²) in [6.07, 6.45) is 1.27. The summed E-state index contributed by atoms with van der Waals surface area (Å²) in [6, 6.07) is -1.34. The van der Waals surface area contributed by atoms with Crippen LogP contribution in [-0.4, -0.2) is 42.8 Å². The molecule has 2 rings (SSSR count). The number of urea groups is 1. The van der Waals surface area contributed by atoms with E-state index in [-0.39, 0.29) is 30.0 Å². The van der Waals surface area contributed by atoms with Gasteiger partial charge in [0.05, 0.1) is 32.4 Å². The van der Waals surface area contributed by atoms with Crippen molar-refractivity contribution < 1.29 is 23.8 Å². The van der Waals surface area contributed by atoms with E-state index in [2.05, 4.69) is 27.2 Å². The van der Waals surface area contributed by atoms with Gasteiger partial charge in [0.15, 0.2) is 0 Å². The summed E-state index contributed by atoms with van der Waals surface area (Å²) in [5.41, 5.74) is 0.561. The highest BCUT2D eigenvalue weighted by Gasteiger charge is 2.42. The van der Waals surface area contributed by atoms with E-state index < -0.39 is 24.0 Å². The third-order valence-corrected chi connectivity index (χ3v) is 3.59. The Morgan fingerprint density at radius 2 is 1.88 bits per heavy atom. The van der Waals surface area contributed by atoms with Crippen LogP contribution in [0.3, 0.4) is 0 Å². The standard InChI is InChI=1S/C16H22N4O5/c1-8(2)6-25-15(21)10-9(3)19-16(22)20-12(10)11-13(23-4)17-7-18-14(11)24-5/h7-8,10,12H,3,6H2,1-2,4-5H3,(H2,19,20,22)/t10-,12-/m0/s1. The van der Waals surface area contributed by atoms with Gasteiger partial charge in [-0.05, 0) is 5.92 Å². The summed E-state index contributed by atoms with van der Waals surface area (Å²) in [5, 5.41) is 5.18. The van der Waals surface area contributed by atoms with Gasteiger partial charge in [0.1, 0.15) is 12.2 Å². The molecule has 0 radical (unpaired) electrons. The second-order valence-electron chi connectivity index (χ2n) is 5.91. The topological polar surface area (TPSA) is 112 Å². The predicted octanol–water partition coefficient (Wildman–Crippen LogP) is 1.18. The smallest absolute Gasteiger partial charge is 0.319 e. The molecule has 2 atom stereocenters. The highest BCUT2D eigenvalue weighted by atomic mass is 16.5. The maximum absolute atomic E-state index is 12.6. The van der Waals surface area contributed by atoms with Crippen LogP contribution in [0, 0.1) is 11.8 Å². The molecule has 1 fully saturated rings. The van der Waals surface area contributed by atoms with Gasteiger partial charge in [-0.1, -0.05) is 20.4 Å². The molecule has 0 unspecified atom stereocenters. The molecule has 1 aliphatic rings. The molecular formula is C16H22N4O5. The summed E-state index contributed by atoms with van der Waals surface area (Å²) in [4.78, 5) is 32.6. The number of hydrogen-bond acceptors (Lipinski definition) is 7. The lowest BCUT2D eigenvalue weighted by Crippen LogP contribution is -2.51. The molecule has 0 bridgehead atoms. The lowest BCUT2D eigenvalue weighted by molar-refractivity contribution is -0.149. The van der Waals surface area contributed by atoms with Crippen LogP contribution in [0.5, 0.6) is 11.8 Å². The molecule has 0 saturated carbocycles. The second kappa shape index (κ2) is 7.82. The number of carbonyl (C=O) groups excluding carboxylic acids is 2. The normalized spacial score (nSPS) is 19.9. The molecule has 25 heavy (non-hydrogen) atoms. The van der Waals surface area contributed by atoms with E-state index in [0.29, 0.717) is 5.56 Å². The highest BCUT2D eigenvalue weighted by Crippen LogP contribution is 2.38. The quantitative estimate of drug-likeness (QED) is 0.741. The van der Waals surface area contributed by atoms with Crippen molar-refractivity contribution in [2.24, 2.45) is 11.8 Å². The van der Waals surface area contributed by atoms with Crippen LogP contribution in [0.25, 0.3) is 0 Å². The zero-order valence-corrected chi connectivity index (χ0v) is 14.7. The van der Waals surface area contributed by atoms with Gasteiger partial charge in [-0.25, -0.2) is 14.8 Å². The molecule has 136 valence electrons. The predicted molar refractivity (Wildman–Crippen MR) is 88.0 cm³/mol. The van der Waals surface area contributed by atoms with Gasteiger partial charge >= 0.3 is 12.0 Å². The van der Waals surface area contributed by atoms with Crippen LogP contribution in [0.1, 0.15) is 25.5 Å². The van der Waals surface area contributed by atoms with Crippen molar-refractivity contribution in [3.05, 3.63) is 24.2 Å². The van der Waals surface area contributed by atoms with E-state index in [9.17, 15) is 9.59 Å². The Hall–Kier alpha value is -2.84. The van der Waals surface area contributed by atoms with E-state index in [1.165, 1.54) is 20.5 Å². The van der Waals surface area contributed by atoms with Crippen molar-refractivity contribution in [3.63, 3.8) is 0 Å². The fourth-order valence-corrected chi connectivity index (χ4v) is 2.50. The Kier molecular flexibility index (Phi) is 5.79. The van der Waals surface area contributed by atoms with Crippen molar-refractivity contribution >= 4 is 12.0 Å². The molecule has 0 aliphatic carbocycles. The van der Waals surface area contributed by atoms with Gasteiger partial charge in [0.2, 0.25) is 11.8 Å². The molecule has 1 saturated heterocycles. The molecule has 9 heteroatoms. The molecule has 1 aliphatic heterocycles. The van der Waals surface area contributed by atoms with Gasteiger partial charge in [0.25, 0.3) is 0 Å². The summed E-state index contributed by atoms with van der Waals surface area (Å²) < 4.78 is 15.8. The maximum Gasteiger partial charge on any atom is 0.319 e. The van der Waals surface area contributed by atoms with Gasteiger partial charge in [-0.3, -0.25) is 4.79 Å². The van der Waals surface area contributed by atoms with Crippen molar-refractivity contribution in [1.82, 2.24) is 20.6 Å². The first-order valence-corrected chi connectivity index (χ1v) is 7.74. The van der Waals surface area contributed by atoms with Gasteiger partial charge in [0, 0.05) is 5.70 Å². The molecule has 0 spiro atoms. The SMILES string of the molecule is C=C1NC(=O)N[C@H](c2c(OC)ncnc2OC)[C@H]1C(=O)OCC(C)C. The van der Waals surface area contributed by atoms with Gasteiger partial charge in [-0.15, -0.1) is 0 Å². The Labute approximate surface area is 145 Å². The molecule has 0 aromatic carbocycles. The Balaban J connectivity index is 2.45. The average molecular weight is 350 g/mol.